The van der Waals surface area contributed by atoms with Gasteiger partial charge in [0.15, 0.2) is 5.69 Å². The van der Waals surface area contributed by atoms with E-state index in [9.17, 15) is 0 Å². The van der Waals surface area contributed by atoms with Gasteiger partial charge in [0.25, 0.3) is 0 Å². The van der Waals surface area contributed by atoms with Gasteiger partial charge >= 0.3 is 0 Å². The second kappa shape index (κ2) is 5.87. The molecule has 4 nitrogen and oxygen atoms in total. The quantitative estimate of drug-likeness (QED) is 0.849. The first-order valence-electron chi connectivity index (χ1n) is 6.19. The summed E-state index contributed by atoms with van der Waals surface area (Å²) in [5.74, 6) is 0. The largest absolute Gasteiger partial charge is 0.399 e. The van der Waals surface area contributed by atoms with Crippen molar-refractivity contribution in [2.45, 2.75) is 13.5 Å². The van der Waals surface area contributed by atoms with E-state index < -0.39 is 0 Å². The maximum absolute atomic E-state index is 9.11. The minimum absolute atomic E-state index is 0.452. The molecule has 0 radical (unpaired) electrons. The van der Waals surface area contributed by atoms with Gasteiger partial charge in [0, 0.05) is 25.0 Å². The van der Waals surface area contributed by atoms with Crippen molar-refractivity contribution >= 4 is 11.4 Å². The zero-order valence-electron chi connectivity index (χ0n) is 10.9. The second-order valence-corrected chi connectivity index (χ2v) is 4.24. The van der Waals surface area contributed by atoms with E-state index in [1.165, 1.54) is 0 Å². The Morgan fingerprint density at radius 2 is 2.16 bits per heavy atom. The van der Waals surface area contributed by atoms with Gasteiger partial charge in [-0.15, -0.1) is 0 Å². The third-order valence-electron chi connectivity index (χ3n) is 2.94. The maximum Gasteiger partial charge on any atom is 0.163 e. The lowest BCUT2D eigenvalue weighted by atomic mass is 10.1. The molecule has 4 heteroatoms. The fraction of sp³-hybridized carbons (Fsp3) is 0.200. The molecule has 0 spiro atoms. The topological polar surface area (TPSA) is 65.9 Å². The molecule has 0 aliphatic heterocycles. The van der Waals surface area contributed by atoms with Crippen molar-refractivity contribution in [2.24, 2.45) is 0 Å². The van der Waals surface area contributed by atoms with Crippen LogP contribution in [0.4, 0.5) is 11.4 Å². The Morgan fingerprint density at radius 1 is 1.32 bits per heavy atom. The number of hydrogen-bond donors (Lipinski definition) is 1. The molecule has 0 amide bonds. The van der Waals surface area contributed by atoms with Crippen LogP contribution in [-0.2, 0) is 6.54 Å². The van der Waals surface area contributed by atoms with Crippen LogP contribution in [0, 0.1) is 11.3 Å². The van der Waals surface area contributed by atoms with Crippen LogP contribution in [0.1, 0.15) is 18.2 Å². The summed E-state index contributed by atoms with van der Waals surface area (Å²) in [4.78, 5) is 6.21. The predicted octanol–water partition coefficient (Wildman–Crippen LogP) is 2.56. The normalized spacial score (nSPS) is 9.89. The average molecular weight is 252 g/mol. The summed E-state index contributed by atoms with van der Waals surface area (Å²) in [5, 5.41) is 9.11. The van der Waals surface area contributed by atoms with E-state index >= 15 is 0 Å². The van der Waals surface area contributed by atoms with Gasteiger partial charge in [0.2, 0.25) is 0 Å². The number of nitriles is 1. The van der Waals surface area contributed by atoms with Gasteiger partial charge in [0.1, 0.15) is 6.07 Å². The first-order valence-corrected chi connectivity index (χ1v) is 6.19. The van der Waals surface area contributed by atoms with E-state index in [0.717, 1.165) is 23.5 Å². The molecule has 1 heterocycles. The lowest BCUT2D eigenvalue weighted by Crippen LogP contribution is -2.23. The number of anilines is 2. The number of nitrogen functional groups attached to an aromatic ring is 1. The van der Waals surface area contributed by atoms with Gasteiger partial charge in [-0.25, -0.2) is 4.98 Å². The fourth-order valence-electron chi connectivity index (χ4n) is 2.02. The van der Waals surface area contributed by atoms with E-state index in [-0.39, 0.29) is 0 Å². The Morgan fingerprint density at radius 3 is 2.84 bits per heavy atom. The van der Waals surface area contributed by atoms with Crippen LogP contribution in [0.2, 0.25) is 0 Å². The van der Waals surface area contributed by atoms with Gasteiger partial charge in [-0.3, -0.25) is 0 Å². The van der Waals surface area contributed by atoms with E-state index in [2.05, 4.69) is 22.9 Å². The van der Waals surface area contributed by atoms with Crippen molar-refractivity contribution in [2.75, 3.05) is 17.2 Å². The molecule has 2 aromatic rings. The number of pyridine rings is 1. The zero-order chi connectivity index (χ0) is 13.7. The summed E-state index contributed by atoms with van der Waals surface area (Å²) in [5.41, 5.74) is 8.97. The van der Waals surface area contributed by atoms with E-state index in [4.69, 9.17) is 11.0 Å². The molecule has 0 fully saturated rings. The van der Waals surface area contributed by atoms with Crippen molar-refractivity contribution in [3.63, 3.8) is 0 Å². The minimum atomic E-state index is 0.452. The molecule has 0 aliphatic rings. The third-order valence-corrected chi connectivity index (χ3v) is 2.94. The molecule has 1 aromatic heterocycles. The van der Waals surface area contributed by atoms with Crippen molar-refractivity contribution in [1.29, 1.82) is 5.26 Å². The van der Waals surface area contributed by atoms with Gasteiger partial charge in [-0.1, -0.05) is 12.1 Å². The Labute approximate surface area is 113 Å². The highest BCUT2D eigenvalue weighted by Crippen LogP contribution is 2.20. The van der Waals surface area contributed by atoms with E-state index in [0.29, 0.717) is 12.2 Å². The highest BCUT2D eigenvalue weighted by Gasteiger charge is 2.10. The minimum Gasteiger partial charge on any atom is -0.399 e. The number of hydrogen-bond acceptors (Lipinski definition) is 4. The number of aromatic nitrogens is 1. The Bertz CT molecular complexity index is 601. The molecule has 19 heavy (non-hydrogen) atoms. The van der Waals surface area contributed by atoms with Gasteiger partial charge in [0.05, 0.1) is 5.69 Å². The second-order valence-electron chi connectivity index (χ2n) is 4.24. The van der Waals surface area contributed by atoms with Crippen molar-refractivity contribution < 1.29 is 0 Å². The van der Waals surface area contributed by atoms with Crippen LogP contribution >= 0.6 is 0 Å². The highest BCUT2D eigenvalue weighted by molar-refractivity contribution is 5.56. The summed E-state index contributed by atoms with van der Waals surface area (Å²) >= 11 is 0. The van der Waals surface area contributed by atoms with Crippen LogP contribution in [0.25, 0.3) is 0 Å². The fourth-order valence-corrected chi connectivity index (χ4v) is 2.02. The average Bonchev–Trinajstić information content (AvgIpc) is 2.45. The Kier molecular flexibility index (Phi) is 3.99. The molecule has 0 aliphatic carbocycles. The lowest BCUT2D eigenvalue weighted by molar-refractivity contribution is 0.826. The molecule has 0 unspecified atom stereocenters. The molecular weight excluding hydrogens is 236 g/mol. The van der Waals surface area contributed by atoms with Crippen LogP contribution in [0.5, 0.6) is 0 Å². The standard InChI is InChI=1S/C15H16N4/c1-2-19(11-12-5-3-6-13(17)9-12)15-7-4-8-18-14(15)10-16/h3-9H,2,11,17H2,1H3. The lowest BCUT2D eigenvalue weighted by Gasteiger charge is -2.23. The molecule has 1 aromatic carbocycles. The van der Waals surface area contributed by atoms with Crippen LogP contribution < -0.4 is 10.6 Å². The highest BCUT2D eigenvalue weighted by atomic mass is 15.1. The van der Waals surface area contributed by atoms with E-state index in [1.54, 1.807) is 6.20 Å². The molecule has 0 saturated heterocycles. The Hall–Kier alpha value is -2.54. The maximum atomic E-state index is 9.11. The summed E-state index contributed by atoms with van der Waals surface area (Å²) in [6.07, 6.45) is 1.64. The molecule has 0 bridgehead atoms. The summed E-state index contributed by atoms with van der Waals surface area (Å²) in [7, 11) is 0. The molecular formula is C15H16N4. The zero-order valence-corrected chi connectivity index (χ0v) is 10.9. The number of nitrogens with two attached hydrogens (primary N) is 1. The van der Waals surface area contributed by atoms with Gasteiger partial charge < -0.3 is 10.6 Å². The van der Waals surface area contributed by atoms with Crippen LogP contribution in [0.3, 0.4) is 0 Å². The van der Waals surface area contributed by atoms with Gasteiger partial charge in [-0.2, -0.15) is 5.26 Å². The summed E-state index contributed by atoms with van der Waals surface area (Å²) in [6, 6.07) is 13.7. The van der Waals surface area contributed by atoms with Crippen LogP contribution in [-0.4, -0.2) is 11.5 Å². The third kappa shape index (κ3) is 3.02. The molecule has 2 N–H and O–H groups in total. The monoisotopic (exact) mass is 252 g/mol. The Balaban J connectivity index is 2.28. The van der Waals surface area contributed by atoms with Crippen molar-refractivity contribution in [3.05, 3.63) is 53.9 Å². The number of nitrogens with zero attached hydrogens (tertiary/aromatic N) is 3. The predicted molar refractivity (Wildman–Crippen MR) is 76.5 cm³/mol. The number of benzene rings is 1. The van der Waals surface area contributed by atoms with Crippen molar-refractivity contribution in [3.8, 4) is 6.07 Å². The molecule has 96 valence electrons. The molecule has 0 atom stereocenters. The van der Waals surface area contributed by atoms with Crippen molar-refractivity contribution in [1.82, 2.24) is 4.98 Å². The first-order chi connectivity index (χ1) is 9.24. The first kappa shape index (κ1) is 12.9. The van der Waals surface area contributed by atoms with Gasteiger partial charge in [-0.05, 0) is 36.8 Å². The number of rotatable bonds is 4. The SMILES string of the molecule is CCN(Cc1cccc(N)c1)c1cccnc1C#N. The molecule has 0 saturated carbocycles. The smallest absolute Gasteiger partial charge is 0.163 e. The summed E-state index contributed by atoms with van der Waals surface area (Å²) in [6.45, 7) is 3.57. The molecule has 2 rings (SSSR count). The van der Waals surface area contributed by atoms with E-state index in [1.807, 2.05) is 36.4 Å². The summed E-state index contributed by atoms with van der Waals surface area (Å²) < 4.78 is 0. The van der Waals surface area contributed by atoms with Crippen LogP contribution in [0.15, 0.2) is 42.6 Å².